The lowest BCUT2D eigenvalue weighted by Gasteiger charge is -2.29. The molecule has 1 aliphatic carbocycles. The van der Waals surface area contributed by atoms with E-state index in [0.717, 1.165) is 6.54 Å². The van der Waals surface area contributed by atoms with Crippen LogP contribution < -0.4 is 0 Å². The van der Waals surface area contributed by atoms with Gasteiger partial charge in [-0.2, -0.15) is 0 Å². The van der Waals surface area contributed by atoms with E-state index in [4.69, 9.17) is 11.8 Å². The van der Waals surface area contributed by atoms with Gasteiger partial charge in [-0.15, -0.1) is 0 Å². The monoisotopic (exact) mass is 209 g/mol. The van der Waals surface area contributed by atoms with Crippen molar-refractivity contribution in [3.8, 4) is 0 Å². The molecule has 0 N–H and O–H groups in total. The Hall–Kier alpha value is -0.690. The van der Waals surface area contributed by atoms with Crippen LogP contribution in [0.3, 0.4) is 0 Å². The lowest BCUT2D eigenvalue weighted by atomic mass is 9.90. The van der Waals surface area contributed by atoms with Crippen molar-refractivity contribution in [1.29, 1.82) is 0 Å². The van der Waals surface area contributed by atoms with E-state index in [0.29, 0.717) is 5.92 Å². The van der Waals surface area contributed by atoms with Gasteiger partial charge in [0.2, 0.25) is 0 Å². The molecule has 0 aromatic rings. The molecule has 1 atom stereocenters. The van der Waals surface area contributed by atoms with Crippen molar-refractivity contribution >= 4 is 11.8 Å². The molecule has 14 heavy (non-hydrogen) atoms. The van der Waals surface area contributed by atoms with Crippen molar-refractivity contribution in [1.82, 2.24) is 4.42 Å². The van der Waals surface area contributed by atoms with Crippen LogP contribution in [0.15, 0.2) is 35.6 Å². The van der Waals surface area contributed by atoms with E-state index in [1.807, 2.05) is 4.42 Å². The molecule has 0 bridgehead atoms. The molecule has 1 aliphatic heterocycles. The van der Waals surface area contributed by atoms with Crippen molar-refractivity contribution < 1.29 is 0 Å². The molecule has 0 radical (unpaired) electrons. The summed E-state index contributed by atoms with van der Waals surface area (Å²) in [4.78, 5) is 0. The maximum Gasteiger partial charge on any atom is 0.0530 e. The van der Waals surface area contributed by atoms with Crippen LogP contribution in [0.4, 0.5) is 0 Å². The minimum Gasteiger partial charge on any atom is -0.285 e. The van der Waals surface area contributed by atoms with Gasteiger partial charge in [-0.05, 0) is 31.8 Å². The fourth-order valence-electron chi connectivity index (χ4n) is 2.21. The Morgan fingerprint density at radius 1 is 1.43 bits per heavy atom. The number of hydrogen-bond acceptors (Lipinski definition) is 1. The first-order chi connectivity index (χ1) is 6.79. The molecular weight excluding hydrogens is 194 g/mol. The summed E-state index contributed by atoms with van der Waals surface area (Å²) in [7, 11) is 0. The Morgan fingerprint density at radius 3 is 2.93 bits per heavy atom. The second-order valence-electron chi connectivity index (χ2n) is 3.98. The van der Waals surface area contributed by atoms with E-state index in [1.54, 1.807) is 0 Å². The number of hydrogen-bond donors (Lipinski definition) is 0. The molecular formula is C12H16ClN. The zero-order valence-corrected chi connectivity index (χ0v) is 9.30. The minimum atomic E-state index is 0.534. The SMILES string of the molecule is CC1=C(C2C=CCCC2)N(Cl)CC=C1. The third-order valence-electron chi connectivity index (χ3n) is 2.90. The largest absolute Gasteiger partial charge is 0.285 e. The molecule has 0 amide bonds. The van der Waals surface area contributed by atoms with Crippen molar-refractivity contribution in [2.45, 2.75) is 26.2 Å². The van der Waals surface area contributed by atoms with Crippen LogP contribution in [0.1, 0.15) is 26.2 Å². The highest BCUT2D eigenvalue weighted by atomic mass is 35.5. The molecule has 2 rings (SSSR count). The van der Waals surface area contributed by atoms with Gasteiger partial charge in [0.05, 0.1) is 6.54 Å². The molecule has 0 spiro atoms. The molecule has 76 valence electrons. The summed E-state index contributed by atoms with van der Waals surface area (Å²) in [5.74, 6) is 0.534. The average Bonchev–Trinajstić information content (AvgIpc) is 2.19. The van der Waals surface area contributed by atoms with Crippen LogP contribution in [0.25, 0.3) is 0 Å². The minimum absolute atomic E-state index is 0.534. The van der Waals surface area contributed by atoms with E-state index in [2.05, 4.69) is 31.2 Å². The molecule has 0 aromatic heterocycles. The Bertz CT molecular complexity index is 301. The zero-order chi connectivity index (χ0) is 9.97. The van der Waals surface area contributed by atoms with Gasteiger partial charge in [-0.1, -0.05) is 24.3 Å². The summed E-state index contributed by atoms with van der Waals surface area (Å²) in [6.45, 7) is 2.97. The Balaban J connectivity index is 2.25. The first-order valence-electron chi connectivity index (χ1n) is 5.26. The van der Waals surface area contributed by atoms with Gasteiger partial charge >= 0.3 is 0 Å². The summed E-state index contributed by atoms with van der Waals surface area (Å²) in [5.41, 5.74) is 2.60. The lowest BCUT2D eigenvalue weighted by Crippen LogP contribution is -2.22. The smallest absolute Gasteiger partial charge is 0.0530 e. The fraction of sp³-hybridized carbons (Fsp3) is 0.500. The summed E-state index contributed by atoms with van der Waals surface area (Å²) in [6.07, 6.45) is 12.6. The molecule has 1 heterocycles. The summed E-state index contributed by atoms with van der Waals surface area (Å²) in [6, 6.07) is 0. The number of allylic oxidation sites excluding steroid dienone is 4. The van der Waals surface area contributed by atoms with Crippen LogP contribution in [-0.2, 0) is 0 Å². The van der Waals surface area contributed by atoms with E-state index < -0.39 is 0 Å². The molecule has 0 fully saturated rings. The zero-order valence-electron chi connectivity index (χ0n) is 8.54. The average molecular weight is 210 g/mol. The molecule has 1 nitrogen and oxygen atoms in total. The Morgan fingerprint density at radius 2 is 2.29 bits per heavy atom. The summed E-state index contributed by atoms with van der Waals surface area (Å²) in [5, 5.41) is 0. The van der Waals surface area contributed by atoms with Crippen molar-refractivity contribution in [3.05, 3.63) is 35.6 Å². The number of nitrogens with zero attached hydrogens (tertiary/aromatic N) is 1. The van der Waals surface area contributed by atoms with E-state index >= 15 is 0 Å². The second kappa shape index (κ2) is 4.22. The molecule has 2 heteroatoms. The topological polar surface area (TPSA) is 3.24 Å². The van der Waals surface area contributed by atoms with Gasteiger partial charge in [-0.3, -0.25) is 4.42 Å². The Labute approximate surface area is 90.8 Å². The van der Waals surface area contributed by atoms with Gasteiger partial charge in [-0.25, -0.2) is 0 Å². The first-order valence-corrected chi connectivity index (χ1v) is 5.60. The molecule has 0 saturated heterocycles. The predicted octanol–water partition coefficient (Wildman–Crippen LogP) is 3.64. The highest BCUT2D eigenvalue weighted by Crippen LogP contribution is 2.32. The number of halogens is 1. The van der Waals surface area contributed by atoms with E-state index in [9.17, 15) is 0 Å². The molecule has 0 aromatic carbocycles. The van der Waals surface area contributed by atoms with Gasteiger partial charge in [0.25, 0.3) is 0 Å². The van der Waals surface area contributed by atoms with Crippen LogP contribution in [0.5, 0.6) is 0 Å². The van der Waals surface area contributed by atoms with Crippen molar-refractivity contribution in [2.75, 3.05) is 6.54 Å². The maximum atomic E-state index is 6.20. The van der Waals surface area contributed by atoms with Crippen molar-refractivity contribution in [2.24, 2.45) is 5.92 Å². The van der Waals surface area contributed by atoms with Gasteiger partial charge in [0.15, 0.2) is 0 Å². The molecule has 2 aliphatic rings. The van der Waals surface area contributed by atoms with Crippen LogP contribution in [0, 0.1) is 5.92 Å². The van der Waals surface area contributed by atoms with E-state index in [1.165, 1.54) is 30.5 Å². The second-order valence-corrected chi connectivity index (χ2v) is 4.39. The molecule has 1 unspecified atom stereocenters. The highest BCUT2D eigenvalue weighted by molar-refractivity contribution is 6.14. The third kappa shape index (κ3) is 1.88. The third-order valence-corrected chi connectivity index (χ3v) is 3.22. The van der Waals surface area contributed by atoms with Crippen LogP contribution in [0.2, 0.25) is 0 Å². The first kappa shape index (κ1) is 9.85. The fourth-order valence-corrected chi connectivity index (χ4v) is 2.55. The highest BCUT2D eigenvalue weighted by Gasteiger charge is 2.21. The van der Waals surface area contributed by atoms with Gasteiger partial charge < -0.3 is 0 Å². The Kier molecular flexibility index (Phi) is 2.97. The molecule has 0 saturated carbocycles. The lowest BCUT2D eigenvalue weighted by molar-refractivity contribution is 0.477. The van der Waals surface area contributed by atoms with Crippen molar-refractivity contribution in [3.63, 3.8) is 0 Å². The van der Waals surface area contributed by atoms with Gasteiger partial charge in [0, 0.05) is 23.4 Å². The van der Waals surface area contributed by atoms with Gasteiger partial charge in [0.1, 0.15) is 0 Å². The number of rotatable bonds is 1. The van der Waals surface area contributed by atoms with Crippen LogP contribution in [-0.4, -0.2) is 11.0 Å². The quantitative estimate of drug-likeness (QED) is 0.471. The predicted molar refractivity (Wildman–Crippen MR) is 60.9 cm³/mol. The van der Waals surface area contributed by atoms with Crippen LogP contribution >= 0.6 is 11.8 Å². The maximum absolute atomic E-state index is 6.20. The normalized spacial score (nSPS) is 27.3. The standard InChI is InChI=1S/C12H16ClN/c1-10-6-5-9-14(13)12(10)11-7-3-2-4-8-11/h3,5-7,11H,2,4,8-9H2,1H3. The summed E-state index contributed by atoms with van der Waals surface area (Å²) >= 11 is 6.20. The summed E-state index contributed by atoms with van der Waals surface area (Å²) < 4.78 is 1.86. The van der Waals surface area contributed by atoms with E-state index in [-0.39, 0.29) is 0 Å².